The normalized spacial score (nSPS) is 18.2. The molecule has 1 amide bonds. The van der Waals surface area contributed by atoms with Crippen molar-refractivity contribution in [2.75, 3.05) is 0 Å². The molecule has 1 aliphatic rings. The first-order valence-electron chi connectivity index (χ1n) is 4.19. The summed E-state index contributed by atoms with van der Waals surface area (Å²) in [5.74, 6) is 0.0846. The molecule has 0 radical (unpaired) electrons. The Morgan fingerprint density at radius 1 is 1.69 bits per heavy atom. The maximum absolute atomic E-state index is 11.5. The zero-order valence-electron chi connectivity index (χ0n) is 7.33. The van der Waals surface area contributed by atoms with Crippen LogP contribution in [-0.2, 0) is 0 Å². The molecule has 4 heteroatoms. The standard InChI is InChI=1S/C9H11NO2S/c1-9(2-3-9)10-8(12)7-4-6(11)5-13-7/h4-5,11H,2-3H2,1H3,(H,10,12). The van der Waals surface area contributed by atoms with Crippen molar-refractivity contribution in [2.45, 2.75) is 25.3 Å². The zero-order valence-corrected chi connectivity index (χ0v) is 8.15. The van der Waals surface area contributed by atoms with E-state index in [9.17, 15) is 4.79 Å². The van der Waals surface area contributed by atoms with Gasteiger partial charge in [0.2, 0.25) is 0 Å². The van der Waals surface area contributed by atoms with Crippen LogP contribution in [0.3, 0.4) is 0 Å². The van der Waals surface area contributed by atoms with E-state index in [1.807, 2.05) is 6.92 Å². The highest BCUT2D eigenvalue weighted by atomic mass is 32.1. The van der Waals surface area contributed by atoms with Gasteiger partial charge in [0, 0.05) is 17.0 Å². The molecule has 1 aromatic rings. The molecule has 0 saturated heterocycles. The summed E-state index contributed by atoms with van der Waals surface area (Å²) in [6.45, 7) is 2.03. The molecule has 0 unspecified atom stereocenters. The number of aromatic hydroxyl groups is 1. The van der Waals surface area contributed by atoms with Crippen LogP contribution in [0, 0.1) is 0 Å². The number of nitrogens with one attached hydrogen (secondary N) is 1. The summed E-state index contributed by atoms with van der Waals surface area (Å²) in [4.78, 5) is 12.1. The van der Waals surface area contributed by atoms with Crippen LogP contribution in [-0.4, -0.2) is 16.6 Å². The van der Waals surface area contributed by atoms with Crippen LogP contribution in [0.25, 0.3) is 0 Å². The van der Waals surface area contributed by atoms with Gasteiger partial charge in [0.05, 0.1) is 4.88 Å². The molecule has 0 aliphatic heterocycles. The second kappa shape index (κ2) is 2.73. The first-order chi connectivity index (χ1) is 6.09. The van der Waals surface area contributed by atoms with E-state index in [1.54, 1.807) is 5.38 Å². The SMILES string of the molecule is CC1(NC(=O)c2cc(O)cs2)CC1. The van der Waals surface area contributed by atoms with E-state index in [0.717, 1.165) is 12.8 Å². The van der Waals surface area contributed by atoms with Crippen molar-refractivity contribution in [2.24, 2.45) is 0 Å². The van der Waals surface area contributed by atoms with Crippen LogP contribution in [0.4, 0.5) is 0 Å². The molecule has 3 nitrogen and oxygen atoms in total. The maximum Gasteiger partial charge on any atom is 0.261 e. The Bertz CT molecular complexity index is 341. The number of rotatable bonds is 2. The Morgan fingerprint density at radius 2 is 2.38 bits per heavy atom. The molecular formula is C9H11NO2S. The van der Waals surface area contributed by atoms with E-state index >= 15 is 0 Å². The lowest BCUT2D eigenvalue weighted by Gasteiger charge is -2.09. The number of hydrogen-bond acceptors (Lipinski definition) is 3. The largest absolute Gasteiger partial charge is 0.507 e. The second-order valence-corrected chi connectivity index (χ2v) is 4.60. The van der Waals surface area contributed by atoms with E-state index in [-0.39, 0.29) is 17.2 Å². The lowest BCUT2D eigenvalue weighted by Crippen LogP contribution is -2.33. The molecule has 0 bridgehead atoms. The summed E-state index contributed by atoms with van der Waals surface area (Å²) >= 11 is 1.26. The lowest BCUT2D eigenvalue weighted by atomic mass is 10.3. The Hall–Kier alpha value is -1.03. The molecule has 0 aromatic carbocycles. The van der Waals surface area contributed by atoms with Crippen molar-refractivity contribution in [1.29, 1.82) is 0 Å². The van der Waals surface area contributed by atoms with Gasteiger partial charge in [-0.25, -0.2) is 0 Å². The van der Waals surface area contributed by atoms with Gasteiger partial charge in [-0.1, -0.05) is 0 Å². The van der Waals surface area contributed by atoms with Gasteiger partial charge in [0.25, 0.3) is 5.91 Å². The average Bonchev–Trinajstić information content (AvgIpc) is 2.62. The molecule has 13 heavy (non-hydrogen) atoms. The van der Waals surface area contributed by atoms with E-state index in [0.29, 0.717) is 4.88 Å². The first-order valence-corrected chi connectivity index (χ1v) is 5.07. The number of thiophene rings is 1. The molecule has 0 atom stereocenters. The summed E-state index contributed by atoms with van der Waals surface area (Å²) < 4.78 is 0. The van der Waals surface area contributed by atoms with Crippen molar-refractivity contribution < 1.29 is 9.90 Å². The third-order valence-electron chi connectivity index (χ3n) is 2.22. The van der Waals surface area contributed by atoms with Gasteiger partial charge in [0.15, 0.2) is 0 Å². The summed E-state index contributed by atoms with van der Waals surface area (Å²) in [5, 5.41) is 13.5. The van der Waals surface area contributed by atoms with Crippen molar-refractivity contribution in [3.8, 4) is 5.75 Å². The van der Waals surface area contributed by atoms with Crippen LogP contribution < -0.4 is 5.32 Å². The first kappa shape index (κ1) is 8.56. The van der Waals surface area contributed by atoms with Crippen molar-refractivity contribution in [3.63, 3.8) is 0 Å². The summed E-state index contributed by atoms with van der Waals surface area (Å²) in [5.41, 5.74) is 0.0106. The van der Waals surface area contributed by atoms with E-state index in [1.165, 1.54) is 17.4 Å². The van der Waals surface area contributed by atoms with Gasteiger partial charge in [-0.05, 0) is 19.8 Å². The minimum absolute atomic E-state index is 0.0106. The summed E-state index contributed by atoms with van der Waals surface area (Å²) in [7, 11) is 0. The fourth-order valence-electron chi connectivity index (χ4n) is 1.09. The van der Waals surface area contributed by atoms with Crippen LogP contribution in [0.5, 0.6) is 5.75 Å². The quantitative estimate of drug-likeness (QED) is 0.758. The Balaban J connectivity index is 2.05. The van der Waals surface area contributed by atoms with Gasteiger partial charge in [-0.3, -0.25) is 4.79 Å². The molecule has 1 aromatic heterocycles. The topological polar surface area (TPSA) is 49.3 Å². The molecule has 1 aliphatic carbocycles. The zero-order chi connectivity index (χ0) is 9.47. The molecule has 1 fully saturated rings. The van der Waals surface area contributed by atoms with Crippen LogP contribution in [0.2, 0.25) is 0 Å². The molecule has 2 rings (SSSR count). The van der Waals surface area contributed by atoms with Crippen LogP contribution in [0.15, 0.2) is 11.4 Å². The van der Waals surface area contributed by atoms with Crippen LogP contribution >= 0.6 is 11.3 Å². The van der Waals surface area contributed by atoms with Gasteiger partial charge in [0.1, 0.15) is 5.75 Å². The third-order valence-corrected chi connectivity index (χ3v) is 3.14. The average molecular weight is 197 g/mol. The Morgan fingerprint density at radius 3 is 2.85 bits per heavy atom. The second-order valence-electron chi connectivity index (χ2n) is 3.68. The van der Waals surface area contributed by atoms with Crippen molar-refractivity contribution >= 4 is 17.2 Å². The number of carbonyl (C=O) groups excluding carboxylic acids is 1. The third kappa shape index (κ3) is 1.83. The molecule has 0 spiro atoms. The summed E-state index contributed by atoms with van der Waals surface area (Å²) in [6.07, 6.45) is 2.10. The van der Waals surface area contributed by atoms with E-state index in [2.05, 4.69) is 5.32 Å². The fraction of sp³-hybridized carbons (Fsp3) is 0.444. The highest BCUT2D eigenvalue weighted by Crippen LogP contribution is 2.35. The molecule has 2 N–H and O–H groups in total. The fourth-order valence-corrected chi connectivity index (χ4v) is 1.76. The smallest absolute Gasteiger partial charge is 0.261 e. The van der Waals surface area contributed by atoms with E-state index < -0.39 is 0 Å². The molecule has 70 valence electrons. The highest BCUT2D eigenvalue weighted by molar-refractivity contribution is 7.12. The van der Waals surface area contributed by atoms with Gasteiger partial charge >= 0.3 is 0 Å². The molecule has 1 heterocycles. The summed E-state index contributed by atoms with van der Waals surface area (Å²) in [6, 6.07) is 1.49. The van der Waals surface area contributed by atoms with Crippen molar-refractivity contribution in [3.05, 3.63) is 16.3 Å². The predicted octanol–water partition coefficient (Wildman–Crippen LogP) is 1.74. The maximum atomic E-state index is 11.5. The number of hydrogen-bond donors (Lipinski definition) is 2. The predicted molar refractivity (Wildman–Crippen MR) is 51.1 cm³/mol. The van der Waals surface area contributed by atoms with Crippen molar-refractivity contribution in [1.82, 2.24) is 5.32 Å². The Labute approximate surface area is 80.4 Å². The Kier molecular flexibility index (Phi) is 1.80. The minimum Gasteiger partial charge on any atom is -0.507 e. The van der Waals surface area contributed by atoms with Gasteiger partial charge in [-0.2, -0.15) is 0 Å². The number of amides is 1. The molecular weight excluding hydrogens is 186 g/mol. The number of carbonyl (C=O) groups is 1. The van der Waals surface area contributed by atoms with Gasteiger partial charge in [-0.15, -0.1) is 11.3 Å². The lowest BCUT2D eigenvalue weighted by molar-refractivity contribution is 0.0939. The van der Waals surface area contributed by atoms with E-state index in [4.69, 9.17) is 5.11 Å². The monoisotopic (exact) mass is 197 g/mol. The highest BCUT2D eigenvalue weighted by Gasteiger charge is 2.38. The molecule has 1 saturated carbocycles. The van der Waals surface area contributed by atoms with Crippen LogP contribution in [0.1, 0.15) is 29.4 Å². The minimum atomic E-state index is -0.0784. The van der Waals surface area contributed by atoms with Gasteiger partial charge < -0.3 is 10.4 Å².